The number of rotatable bonds is 9. The van der Waals surface area contributed by atoms with E-state index in [0.717, 1.165) is 44.2 Å². The largest absolute Gasteiger partial charge is 0.463 e. The van der Waals surface area contributed by atoms with Crippen LogP contribution in [0.5, 0.6) is 0 Å². The van der Waals surface area contributed by atoms with E-state index in [1.54, 1.807) is 0 Å². The van der Waals surface area contributed by atoms with Gasteiger partial charge in [-0.3, -0.25) is 4.90 Å². The molecule has 0 radical (unpaired) electrons. The molecule has 1 aromatic rings. The first kappa shape index (κ1) is 16.2. The zero-order valence-corrected chi connectivity index (χ0v) is 13.1. The van der Waals surface area contributed by atoms with Crippen molar-refractivity contribution in [2.45, 2.75) is 33.4 Å². The van der Waals surface area contributed by atoms with Gasteiger partial charge >= 0.3 is 0 Å². The van der Waals surface area contributed by atoms with E-state index in [2.05, 4.69) is 49.1 Å². The first-order valence-electron chi connectivity index (χ1n) is 7.16. The topological polar surface area (TPSA) is 31.6 Å². The molecule has 1 rings (SSSR count). The van der Waals surface area contributed by atoms with E-state index in [1.807, 2.05) is 7.05 Å². The number of nitrogens with one attached hydrogen (secondary N) is 1. The van der Waals surface area contributed by atoms with Crippen molar-refractivity contribution in [1.82, 2.24) is 15.1 Å². The summed E-state index contributed by atoms with van der Waals surface area (Å²) < 4.78 is 5.90. The molecule has 110 valence electrons. The Morgan fingerprint density at radius 3 is 2.58 bits per heavy atom. The maximum Gasteiger partial charge on any atom is 0.120 e. The van der Waals surface area contributed by atoms with E-state index in [0.29, 0.717) is 0 Å². The predicted molar refractivity (Wildman–Crippen MR) is 80.3 cm³/mol. The first-order chi connectivity index (χ1) is 9.06. The van der Waals surface area contributed by atoms with Crippen LogP contribution in [0.15, 0.2) is 10.5 Å². The smallest absolute Gasteiger partial charge is 0.120 e. The highest BCUT2D eigenvalue weighted by Gasteiger charge is 2.10. The molecule has 0 spiro atoms. The van der Waals surface area contributed by atoms with Gasteiger partial charge in [0.05, 0.1) is 13.1 Å². The van der Waals surface area contributed by atoms with E-state index in [1.165, 1.54) is 12.0 Å². The number of hydrogen-bond acceptors (Lipinski definition) is 4. The molecule has 0 aliphatic rings. The Labute approximate surface area is 117 Å². The van der Waals surface area contributed by atoms with Gasteiger partial charge in [-0.2, -0.15) is 0 Å². The van der Waals surface area contributed by atoms with Crippen LogP contribution in [0, 0.1) is 6.92 Å². The molecule has 19 heavy (non-hydrogen) atoms. The van der Waals surface area contributed by atoms with Gasteiger partial charge in [-0.1, -0.05) is 6.92 Å². The Hall–Kier alpha value is -0.840. The SMILES string of the molecule is CCN(CCCN(C)C)Cc1cc(C)c(CNC)o1. The molecule has 0 atom stereocenters. The summed E-state index contributed by atoms with van der Waals surface area (Å²) in [5, 5.41) is 3.14. The van der Waals surface area contributed by atoms with E-state index in [9.17, 15) is 0 Å². The normalized spacial score (nSPS) is 11.7. The molecule has 1 N–H and O–H groups in total. The van der Waals surface area contributed by atoms with Gasteiger partial charge in [0.25, 0.3) is 0 Å². The molecule has 0 aromatic carbocycles. The molecule has 0 saturated carbocycles. The molecule has 0 aliphatic heterocycles. The number of aryl methyl sites for hydroxylation is 1. The third-order valence-corrected chi connectivity index (χ3v) is 3.32. The summed E-state index contributed by atoms with van der Waals surface area (Å²) in [7, 11) is 6.19. The lowest BCUT2D eigenvalue weighted by Gasteiger charge is -2.20. The third-order valence-electron chi connectivity index (χ3n) is 3.32. The molecule has 1 heterocycles. The summed E-state index contributed by atoms with van der Waals surface area (Å²) in [5.74, 6) is 2.14. The Bertz CT molecular complexity index is 360. The third kappa shape index (κ3) is 5.76. The summed E-state index contributed by atoms with van der Waals surface area (Å²) in [6.07, 6.45) is 1.20. The number of furan rings is 1. The van der Waals surface area contributed by atoms with E-state index < -0.39 is 0 Å². The highest BCUT2D eigenvalue weighted by molar-refractivity contribution is 5.19. The average Bonchev–Trinajstić information content (AvgIpc) is 2.68. The van der Waals surface area contributed by atoms with Gasteiger partial charge in [-0.25, -0.2) is 0 Å². The molecular weight excluding hydrogens is 238 g/mol. The minimum atomic E-state index is 0.804. The van der Waals surface area contributed by atoms with Gasteiger partial charge in [-0.05, 0) is 65.8 Å². The molecular formula is C15H29N3O. The first-order valence-corrected chi connectivity index (χ1v) is 7.16. The van der Waals surface area contributed by atoms with E-state index >= 15 is 0 Å². The van der Waals surface area contributed by atoms with Crippen molar-refractivity contribution >= 4 is 0 Å². The average molecular weight is 267 g/mol. The van der Waals surface area contributed by atoms with Gasteiger partial charge in [0.2, 0.25) is 0 Å². The maximum absolute atomic E-state index is 5.90. The summed E-state index contributed by atoms with van der Waals surface area (Å²) in [6.45, 7) is 9.36. The van der Waals surface area contributed by atoms with E-state index in [4.69, 9.17) is 4.42 Å². The van der Waals surface area contributed by atoms with Crippen LogP contribution in [0.3, 0.4) is 0 Å². The second-order valence-corrected chi connectivity index (χ2v) is 5.37. The zero-order valence-electron chi connectivity index (χ0n) is 13.1. The van der Waals surface area contributed by atoms with Crippen molar-refractivity contribution in [3.8, 4) is 0 Å². The van der Waals surface area contributed by atoms with E-state index in [-0.39, 0.29) is 0 Å². The number of hydrogen-bond donors (Lipinski definition) is 1. The van der Waals surface area contributed by atoms with Gasteiger partial charge in [0.15, 0.2) is 0 Å². The quantitative estimate of drug-likeness (QED) is 0.742. The molecule has 0 bridgehead atoms. The Morgan fingerprint density at radius 2 is 2.00 bits per heavy atom. The molecule has 0 aliphatic carbocycles. The summed E-state index contributed by atoms with van der Waals surface area (Å²) >= 11 is 0. The Kier molecular flexibility index (Phi) is 7.13. The minimum absolute atomic E-state index is 0.804. The zero-order chi connectivity index (χ0) is 14.3. The van der Waals surface area contributed by atoms with Crippen LogP contribution in [0.4, 0.5) is 0 Å². The standard InChI is InChI=1S/C15H29N3O/c1-6-18(9-7-8-17(4)5)12-14-10-13(2)15(19-14)11-16-3/h10,16H,6-9,11-12H2,1-5H3. The van der Waals surface area contributed by atoms with Gasteiger partial charge in [0.1, 0.15) is 11.5 Å². The lowest BCUT2D eigenvalue weighted by Crippen LogP contribution is -2.26. The van der Waals surface area contributed by atoms with Crippen molar-refractivity contribution in [2.75, 3.05) is 40.8 Å². The highest BCUT2D eigenvalue weighted by atomic mass is 16.3. The van der Waals surface area contributed by atoms with Crippen LogP contribution in [-0.2, 0) is 13.1 Å². The maximum atomic E-state index is 5.90. The molecule has 4 heteroatoms. The molecule has 0 saturated heterocycles. The summed E-state index contributed by atoms with van der Waals surface area (Å²) in [4.78, 5) is 4.67. The predicted octanol–water partition coefficient (Wildman–Crippen LogP) is 2.08. The van der Waals surface area contributed by atoms with Crippen LogP contribution in [-0.4, -0.2) is 50.6 Å². The summed E-state index contributed by atoms with van der Waals surface area (Å²) in [6, 6.07) is 2.17. The van der Waals surface area contributed by atoms with Gasteiger partial charge in [-0.15, -0.1) is 0 Å². The minimum Gasteiger partial charge on any atom is -0.463 e. The van der Waals surface area contributed by atoms with Crippen molar-refractivity contribution in [1.29, 1.82) is 0 Å². The van der Waals surface area contributed by atoms with Crippen LogP contribution in [0.1, 0.15) is 30.4 Å². The van der Waals surface area contributed by atoms with Crippen LogP contribution in [0.2, 0.25) is 0 Å². The fraction of sp³-hybridized carbons (Fsp3) is 0.733. The Balaban J connectivity index is 2.48. The van der Waals surface area contributed by atoms with Crippen LogP contribution >= 0.6 is 0 Å². The Morgan fingerprint density at radius 1 is 1.26 bits per heavy atom. The fourth-order valence-electron chi connectivity index (χ4n) is 2.18. The molecule has 0 fully saturated rings. The van der Waals surface area contributed by atoms with Crippen molar-refractivity contribution < 1.29 is 4.42 Å². The lowest BCUT2D eigenvalue weighted by molar-refractivity contribution is 0.238. The van der Waals surface area contributed by atoms with Gasteiger partial charge < -0.3 is 14.6 Å². The molecule has 4 nitrogen and oxygen atoms in total. The molecule has 0 unspecified atom stereocenters. The molecule has 1 aromatic heterocycles. The lowest BCUT2D eigenvalue weighted by atomic mass is 10.2. The second kappa shape index (κ2) is 8.35. The van der Waals surface area contributed by atoms with Crippen LogP contribution in [0.25, 0.3) is 0 Å². The fourth-order valence-corrected chi connectivity index (χ4v) is 2.18. The van der Waals surface area contributed by atoms with Crippen molar-refractivity contribution in [2.24, 2.45) is 0 Å². The van der Waals surface area contributed by atoms with Crippen molar-refractivity contribution in [3.05, 3.63) is 23.2 Å². The number of nitrogens with zero attached hydrogens (tertiary/aromatic N) is 2. The second-order valence-electron chi connectivity index (χ2n) is 5.37. The highest BCUT2D eigenvalue weighted by Crippen LogP contribution is 2.16. The van der Waals surface area contributed by atoms with Gasteiger partial charge in [0, 0.05) is 0 Å². The molecule has 0 amide bonds. The van der Waals surface area contributed by atoms with Crippen molar-refractivity contribution in [3.63, 3.8) is 0 Å². The monoisotopic (exact) mass is 267 g/mol. The van der Waals surface area contributed by atoms with Crippen LogP contribution < -0.4 is 5.32 Å². The summed E-state index contributed by atoms with van der Waals surface area (Å²) in [5.41, 5.74) is 1.24.